The molecule has 5 rings (SSSR count). The fraction of sp³-hybridized carbons (Fsp3) is 0.241. The maximum atomic E-state index is 5.60. The molecule has 0 N–H and O–H groups in total. The normalized spacial score (nSPS) is 12.0. The van der Waals surface area contributed by atoms with Crippen LogP contribution in [0.2, 0.25) is 6.04 Å². The summed E-state index contributed by atoms with van der Waals surface area (Å²) in [5, 5.41) is 2.51. The van der Waals surface area contributed by atoms with E-state index in [1.165, 1.54) is 32.9 Å². The van der Waals surface area contributed by atoms with Gasteiger partial charge >= 0.3 is 8.80 Å². The van der Waals surface area contributed by atoms with Gasteiger partial charge in [0.05, 0.1) is 0 Å². The molecule has 6 nitrogen and oxygen atoms in total. The Hall–Kier alpha value is -3.36. The first-order chi connectivity index (χ1) is 17.7. The molecule has 0 spiro atoms. The summed E-state index contributed by atoms with van der Waals surface area (Å²) in [5.74, 6) is 0. The van der Waals surface area contributed by atoms with E-state index in [1.54, 1.807) is 21.3 Å². The SMILES string of the molecule is CO[Si](CCCCn1c2ccc(-c3ccncc3)cc2c2cc(-c3ccncc3)ccc21)(OC)OC. The van der Waals surface area contributed by atoms with Crippen LogP contribution in [0.1, 0.15) is 12.8 Å². The van der Waals surface area contributed by atoms with Gasteiger partial charge < -0.3 is 17.8 Å². The highest BCUT2D eigenvalue weighted by atomic mass is 28.4. The van der Waals surface area contributed by atoms with Crippen molar-refractivity contribution in [2.75, 3.05) is 21.3 Å². The van der Waals surface area contributed by atoms with E-state index in [9.17, 15) is 0 Å². The first kappa shape index (κ1) is 24.3. The monoisotopic (exact) mass is 497 g/mol. The number of aromatic nitrogens is 3. The fourth-order valence-electron chi connectivity index (χ4n) is 4.96. The van der Waals surface area contributed by atoms with Crippen LogP contribution in [0.3, 0.4) is 0 Å². The third-order valence-corrected chi connectivity index (χ3v) is 9.77. The zero-order chi connectivity index (χ0) is 25.0. The second kappa shape index (κ2) is 10.7. The molecule has 0 aliphatic rings. The highest BCUT2D eigenvalue weighted by molar-refractivity contribution is 6.60. The minimum atomic E-state index is -2.56. The highest BCUT2D eigenvalue weighted by Crippen LogP contribution is 2.35. The molecular weight excluding hydrogens is 466 g/mol. The zero-order valence-corrected chi connectivity index (χ0v) is 22.0. The molecule has 3 aromatic heterocycles. The van der Waals surface area contributed by atoms with Gasteiger partial charge in [-0.3, -0.25) is 9.97 Å². The lowest BCUT2D eigenvalue weighted by Gasteiger charge is -2.24. The minimum absolute atomic E-state index is 0.798. The summed E-state index contributed by atoms with van der Waals surface area (Å²) in [4.78, 5) is 8.35. The zero-order valence-electron chi connectivity index (χ0n) is 21.0. The maximum absolute atomic E-state index is 5.60. The van der Waals surface area contributed by atoms with Crippen LogP contribution >= 0.6 is 0 Å². The number of unbranched alkanes of at least 4 members (excludes halogenated alkanes) is 1. The van der Waals surface area contributed by atoms with Gasteiger partial charge in [-0.2, -0.15) is 0 Å². The molecule has 184 valence electrons. The Labute approximate surface area is 212 Å². The van der Waals surface area contributed by atoms with E-state index in [1.807, 2.05) is 24.8 Å². The molecule has 36 heavy (non-hydrogen) atoms. The molecule has 0 amide bonds. The summed E-state index contributed by atoms with van der Waals surface area (Å²) < 4.78 is 19.2. The molecule has 2 aromatic carbocycles. The van der Waals surface area contributed by atoms with Gasteiger partial charge in [0.1, 0.15) is 0 Å². The Kier molecular flexibility index (Phi) is 7.25. The molecule has 0 unspecified atom stereocenters. The van der Waals surface area contributed by atoms with Gasteiger partial charge in [0.25, 0.3) is 0 Å². The molecule has 3 heterocycles. The van der Waals surface area contributed by atoms with E-state index in [0.29, 0.717) is 0 Å². The fourth-order valence-corrected chi connectivity index (χ4v) is 6.76. The molecule has 0 radical (unpaired) electrons. The second-order valence-electron chi connectivity index (χ2n) is 8.84. The average molecular weight is 498 g/mol. The van der Waals surface area contributed by atoms with Crippen LogP contribution in [-0.4, -0.2) is 44.7 Å². The van der Waals surface area contributed by atoms with Crippen LogP contribution in [0.15, 0.2) is 85.5 Å². The molecule has 0 aliphatic carbocycles. The van der Waals surface area contributed by atoms with Gasteiger partial charge in [0, 0.05) is 80.5 Å². The van der Waals surface area contributed by atoms with Crippen molar-refractivity contribution in [3.63, 3.8) is 0 Å². The van der Waals surface area contributed by atoms with Crippen molar-refractivity contribution in [2.24, 2.45) is 0 Å². The summed E-state index contributed by atoms with van der Waals surface area (Å²) in [6, 6.07) is 22.5. The van der Waals surface area contributed by atoms with Gasteiger partial charge in [-0.15, -0.1) is 0 Å². The summed E-state index contributed by atoms with van der Waals surface area (Å²) in [7, 11) is 2.46. The number of hydrogen-bond donors (Lipinski definition) is 0. The Morgan fingerprint density at radius 2 is 1.08 bits per heavy atom. The number of benzene rings is 2. The number of aryl methyl sites for hydroxylation is 1. The van der Waals surface area contributed by atoms with Crippen molar-refractivity contribution in [3.05, 3.63) is 85.5 Å². The van der Waals surface area contributed by atoms with Crippen molar-refractivity contribution in [1.29, 1.82) is 0 Å². The average Bonchev–Trinajstić information content (AvgIpc) is 3.26. The summed E-state index contributed by atoms with van der Waals surface area (Å²) in [5.41, 5.74) is 7.19. The van der Waals surface area contributed by atoms with Crippen LogP contribution in [0.4, 0.5) is 0 Å². The third kappa shape index (κ3) is 4.70. The van der Waals surface area contributed by atoms with Crippen LogP contribution in [0.5, 0.6) is 0 Å². The molecule has 5 aromatic rings. The lowest BCUT2D eigenvalue weighted by atomic mass is 10.0. The number of nitrogens with zero attached hydrogens (tertiary/aromatic N) is 3. The number of fused-ring (bicyclic) bond motifs is 3. The van der Waals surface area contributed by atoms with Gasteiger partial charge in [-0.25, -0.2) is 0 Å². The molecule has 0 fully saturated rings. The van der Waals surface area contributed by atoms with Crippen LogP contribution < -0.4 is 0 Å². The smallest absolute Gasteiger partial charge is 0.377 e. The predicted octanol–water partition coefficient (Wildman–Crippen LogP) is 6.58. The van der Waals surface area contributed by atoms with E-state index in [4.69, 9.17) is 13.3 Å². The quantitative estimate of drug-likeness (QED) is 0.161. The van der Waals surface area contributed by atoms with Gasteiger partial charge in [0.2, 0.25) is 0 Å². The Morgan fingerprint density at radius 1 is 0.611 bits per heavy atom. The van der Waals surface area contributed by atoms with E-state index in [2.05, 4.69) is 75.2 Å². The standard InChI is InChI=1S/C29H31N3O3Si/c1-33-36(34-2,35-3)19-5-4-18-32-28-8-6-24(22-10-14-30-15-11-22)20-26(28)27-21-25(7-9-29(27)32)23-12-16-31-17-13-23/h6-17,20-21H,4-5,18-19H2,1-3H3. The van der Waals surface area contributed by atoms with E-state index in [0.717, 1.165) is 36.6 Å². The first-order valence-corrected chi connectivity index (χ1v) is 14.1. The van der Waals surface area contributed by atoms with Crippen molar-refractivity contribution < 1.29 is 13.3 Å². The molecule has 0 bridgehead atoms. The predicted molar refractivity (Wildman–Crippen MR) is 147 cm³/mol. The molecule has 0 aliphatic heterocycles. The number of pyridine rings is 2. The number of hydrogen-bond acceptors (Lipinski definition) is 5. The molecule has 0 saturated carbocycles. The second-order valence-corrected chi connectivity index (χ2v) is 11.9. The van der Waals surface area contributed by atoms with Crippen molar-refractivity contribution in [3.8, 4) is 22.3 Å². The molecule has 0 saturated heterocycles. The Balaban J connectivity index is 1.54. The topological polar surface area (TPSA) is 58.4 Å². The van der Waals surface area contributed by atoms with E-state index in [-0.39, 0.29) is 0 Å². The lowest BCUT2D eigenvalue weighted by Crippen LogP contribution is -2.42. The summed E-state index contributed by atoms with van der Waals surface area (Å²) in [6.45, 7) is 0.908. The maximum Gasteiger partial charge on any atom is 0.500 e. The van der Waals surface area contributed by atoms with Crippen LogP contribution in [0, 0.1) is 0 Å². The van der Waals surface area contributed by atoms with E-state index >= 15 is 0 Å². The van der Waals surface area contributed by atoms with Gasteiger partial charge in [-0.05, 0) is 83.6 Å². The molecular formula is C29H31N3O3Si. The van der Waals surface area contributed by atoms with Gasteiger partial charge in [0.15, 0.2) is 0 Å². The van der Waals surface area contributed by atoms with Crippen molar-refractivity contribution in [1.82, 2.24) is 14.5 Å². The third-order valence-electron chi connectivity index (χ3n) is 6.94. The Morgan fingerprint density at radius 3 is 1.53 bits per heavy atom. The Bertz CT molecular complexity index is 1350. The number of rotatable bonds is 10. The lowest BCUT2D eigenvalue weighted by molar-refractivity contribution is 0.122. The largest absolute Gasteiger partial charge is 0.500 e. The van der Waals surface area contributed by atoms with Crippen molar-refractivity contribution in [2.45, 2.75) is 25.4 Å². The minimum Gasteiger partial charge on any atom is -0.377 e. The highest BCUT2D eigenvalue weighted by Gasteiger charge is 2.36. The summed E-state index contributed by atoms with van der Waals surface area (Å²) in [6.07, 6.45) is 9.33. The molecule has 7 heteroatoms. The van der Waals surface area contributed by atoms with Crippen LogP contribution in [0.25, 0.3) is 44.1 Å². The van der Waals surface area contributed by atoms with Crippen LogP contribution in [-0.2, 0) is 19.8 Å². The van der Waals surface area contributed by atoms with Crippen molar-refractivity contribution >= 4 is 30.6 Å². The summed E-state index contributed by atoms with van der Waals surface area (Å²) >= 11 is 0. The molecule has 0 atom stereocenters. The van der Waals surface area contributed by atoms with Gasteiger partial charge in [-0.1, -0.05) is 12.1 Å². The van der Waals surface area contributed by atoms with E-state index < -0.39 is 8.80 Å². The first-order valence-electron chi connectivity index (χ1n) is 12.2.